The monoisotopic (exact) mass is 419 g/mol. The van der Waals surface area contributed by atoms with Crippen LogP contribution in [0.15, 0.2) is 83.3 Å². The minimum Gasteiger partial charge on any atom is -0.496 e. The molecule has 3 aromatic carbocycles. The molecular formula is C25H17N5O2. The van der Waals surface area contributed by atoms with E-state index < -0.39 is 0 Å². The molecule has 0 aliphatic carbocycles. The van der Waals surface area contributed by atoms with Crippen LogP contribution in [-0.2, 0) is 0 Å². The van der Waals surface area contributed by atoms with Gasteiger partial charge in [-0.05, 0) is 36.4 Å². The second-order valence-electron chi connectivity index (χ2n) is 7.29. The Morgan fingerprint density at radius 3 is 2.31 bits per heavy atom. The van der Waals surface area contributed by atoms with E-state index in [2.05, 4.69) is 15.2 Å². The van der Waals surface area contributed by atoms with Crippen LogP contribution in [0, 0.1) is 0 Å². The summed E-state index contributed by atoms with van der Waals surface area (Å²) >= 11 is 0. The summed E-state index contributed by atoms with van der Waals surface area (Å²) in [4.78, 5) is 12.9. The molecule has 1 N–H and O–H groups in total. The molecular weight excluding hydrogens is 402 g/mol. The number of H-pyrrole nitrogens is 1. The standard InChI is InChI=1S/C25H17N5O2/c1-31-22-13-7-3-9-16(22)24-29-30-25(32-24)17-14-21(26-18-10-4-2-8-15(17)18)23-27-19-11-5-6-12-20(19)28-23/h2-14H,1H3,(H,27,28). The van der Waals surface area contributed by atoms with Crippen molar-refractivity contribution in [3.63, 3.8) is 0 Å². The van der Waals surface area contributed by atoms with Gasteiger partial charge in [-0.2, -0.15) is 0 Å². The largest absolute Gasteiger partial charge is 0.496 e. The molecule has 0 aliphatic rings. The van der Waals surface area contributed by atoms with Crippen molar-refractivity contribution in [3.05, 3.63) is 78.9 Å². The molecule has 0 radical (unpaired) electrons. The summed E-state index contributed by atoms with van der Waals surface area (Å²) in [6.07, 6.45) is 0. The topological polar surface area (TPSA) is 89.7 Å². The maximum Gasteiger partial charge on any atom is 0.251 e. The van der Waals surface area contributed by atoms with Crippen molar-refractivity contribution >= 4 is 21.9 Å². The number of hydrogen-bond acceptors (Lipinski definition) is 6. The maximum atomic E-state index is 6.10. The number of methoxy groups -OCH3 is 1. The number of hydrogen-bond donors (Lipinski definition) is 1. The zero-order valence-electron chi connectivity index (χ0n) is 17.1. The van der Waals surface area contributed by atoms with Gasteiger partial charge in [0, 0.05) is 5.39 Å². The highest BCUT2D eigenvalue weighted by atomic mass is 16.5. The Bertz CT molecular complexity index is 1550. The third kappa shape index (κ3) is 2.99. The van der Waals surface area contributed by atoms with Crippen molar-refractivity contribution in [2.24, 2.45) is 0 Å². The van der Waals surface area contributed by atoms with Crippen molar-refractivity contribution in [1.82, 2.24) is 25.1 Å². The van der Waals surface area contributed by atoms with Gasteiger partial charge < -0.3 is 14.1 Å². The molecule has 6 aromatic rings. The first-order chi connectivity index (χ1) is 15.8. The molecule has 0 unspecified atom stereocenters. The summed E-state index contributed by atoms with van der Waals surface area (Å²) in [6, 6.07) is 25.3. The Morgan fingerprint density at radius 1 is 0.750 bits per heavy atom. The fourth-order valence-corrected chi connectivity index (χ4v) is 3.81. The van der Waals surface area contributed by atoms with Crippen molar-refractivity contribution in [3.8, 4) is 40.2 Å². The molecule has 154 valence electrons. The highest BCUT2D eigenvalue weighted by molar-refractivity contribution is 5.94. The van der Waals surface area contributed by atoms with Crippen LogP contribution in [0.1, 0.15) is 0 Å². The van der Waals surface area contributed by atoms with Crippen LogP contribution in [-0.4, -0.2) is 32.3 Å². The second-order valence-corrected chi connectivity index (χ2v) is 7.29. The molecule has 3 aromatic heterocycles. The van der Waals surface area contributed by atoms with Crippen LogP contribution in [0.5, 0.6) is 5.75 Å². The molecule has 0 fully saturated rings. The molecule has 0 saturated heterocycles. The van der Waals surface area contributed by atoms with E-state index in [1.807, 2.05) is 78.9 Å². The van der Waals surface area contributed by atoms with Gasteiger partial charge in [-0.25, -0.2) is 9.97 Å². The van der Waals surface area contributed by atoms with E-state index >= 15 is 0 Å². The third-order valence-corrected chi connectivity index (χ3v) is 5.34. The van der Waals surface area contributed by atoms with Crippen molar-refractivity contribution in [1.29, 1.82) is 0 Å². The zero-order valence-corrected chi connectivity index (χ0v) is 17.1. The number of pyridine rings is 1. The Labute approximate surface area is 182 Å². The zero-order chi connectivity index (χ0) is 21.5. The highest BCUT2D eigenvalue weighted by Crippen LogP contribution is 2.34. The lowest BCUT2D eigenvalue weighted by molar-refractivity contribution is 0.414. The van der Waals surface area contributed by atoms with E-state index in [9.17, 15) is 0 Å². The van der Waals surface area contributed by atoms with E-state index in [0.29, 0.717) is 29.0 Å². The predicted octanol–water partition coefficient (Wildman–Crippen LogP) is 5.50. The van der Waals surface area contributed by atoms with Gasteiger partial charge in [-0.3, -0.25) is 0 Å². The minimum atomic E-state index is 0.392. The third-order valence-electron chi connectivity index (χ3n) is 5.34. The van der Waals surface area contributed by atoms with Crippen molar-refractivity contribution < 1.29 is 9.15 Å². The Morgan fingerprint density at radius 2 is 1.47 bits per heavy atom. The summed E-state index contributed by atoms with van der Waals surface area (Å²) in [5, 5.41) is 9.53. The first kappa shape index (κ1) is 18.3. The molecule has 0 aliphatic heterocycles. The molecule has 0 amide bonds. The number of rotatable bonds is 4. The Hall–Kier alpha value is -4.52. The fourth-order valence-electron chi connectivity index (χ4n) is 3.81. The average molecular weight is 419 g/mol. The summed E-state index contributed by atoms with van der Waals surface area (Å²) in [6.45, 7) is 0. The van der Waals surface area contributed by atoms with Gasteiger partial charge in [0.25, 0.3) is 5.89 Å². The number of fused-ring (bicyclic) bond motifs is 2. The van der Waals surface area contributed by atoms with Crippen LogP contribution in [0.4, 0.5) is 0 Å². The van der Waals surface area contributed by atoms with Gasteiger partial charge in [-0.15, -0.1) is 10.2 Å². The van der Waals surface area contributed by atoms with Gasteiger partial charge >= 0.3 is 0 Å². The Kier molecular flexibility index (Phi) is 4.18. The number of aromatic nitrogens is 5. The quantitative estimate of drug-likeness (QED) is 0.406. The first-order valence-electron chi connectivity index (χ1n) is 10.1. The van der Waals surface area contributed by atoms with E-state index in [4.69, 9.17) is 19.1 Å². The van der Waals surface area contributed by atoms with Crippen LogP contribution in [0.25, 0.3) is 56.4 Å². The van der Waals surface area contributed by atoms with Gasteiger partial charge in [0.15, 0.2) is 5.82 Å². The molecule has 3 heterocycles. The van der Waals surface area contributed by atoms with Crippen LogP contribution >= 0.6 is 0 Å². The number of nitrogens with one attached hydrogen (secondary N) is 1. The first-order valence-corrected chi connectivity index (χ1v) is 10.1. The maximum absolute atomic E-state index is 6.10. The van der Waals surface area contributed by atoms with Crippen molar-refractivity contribution in [2.45, 2.75) is 0 Å². The molecule has 7 nitrogen and oxygen atoms in total. The summed E-state index contributed by atoms with van der Waals surface area (Å²) in [5.74, 6) is 2.15. The normalized spacial score (nSPS) is 11.3. The summed E-state index contributed by atoms with van der Waals surface area (Å²) in [5.41, 5.74) is 4.89. The smallest absolute Gasteiger partial charge is 0.251 e. The lowest BCUT2D eigenvalue weighted by atomic mass is 10.1. The number of aromatic amines is 1. The number of para-hydroxylation sites is 4. The Balaban J connectivity index is 1.53. The van der Waals surface area contributed by atoms with E-state index in [1.165, 1.54) is 0 Å². The number of ether oxygens (including phenoxy) is 1. The van der Waals surface area contributed by atoms with Gasteiger partial charge in [0.1, 0.15) is 11.4 Å². The number of imidazole rings is 1. The summed E-state index contributed by atoms with van der Waals surface area (Å²) in [7, 11) is 1.62. The van der Waals surface area contributed by atoms with E-state index in [1.54, 1.807) is 7.11 Å². The molecule has 0 bridgehead atoms. The van der Waals surface area contributed by atoms with Gasteiger partial charge in [0.05, 0.1) is 34.8 Å². The molecule has 0 spiro atoms. The SMILES string of the molecule is COc1ccccc1-c1nnc(-c2cc(-c3nc4ccccc4[nH]3)nc3ccccc23)o1. The minimum absolute atomic E-state index is 0.392. The van der Waals surface area contributed by atoms with E-state index in [-0.39, 0.29) is 0 Å². The van der Waals surface area contributed by atoms with Gasteiger partial charge in [-0.1, -0.05) is 42.5 Å². The fraction of sp³-hybridized carbons (Fsp3) is 0.0400. The lowest BCUT2D eigenvalue weighted by Crippen LogP contribution is -1.91. The number of nitrogens with zero attached hydrogens (tertiary/aromatic N) is 4. The molecule has 32 heavy (non-hydrogen) atoms. The number of benzene rings is 3. The van der Waals surface area contributed by atoms with Crippen LogP contribution < -0.4 is 4.74 Å². The highest BCUT2D eigenvalue weighted by Gasteiger charge is 2.18. The lowest BCUT2D eigenvalue weighted by Gasteiger charge is -2.06. The van der Waals surface area contributed by atoms with Crippen LogP contribution in [0.2, 0.25) is 0 Å². The molecule has 7 heteroatoms. The van der Waals surface area contributed by atoms with Crippen molar-refractivity contribution in [2.75, 3.05) is 7.11 Å². The molecule has 0 saturated carbocycles. The molecule has 6 rings (SSSR count). The van der Waals surface area contributed by atoms with E-state index in [0.717, 1.165) is 33.1 Å². The summed E-state index contributed by atoms with van der Waals surface area (Å²) < 4.78 is 11.5. The predicted molar refractivity (Wildman–Crippen MR) is 122 cm³/mol. The van der Waals surface area contributed by atoms with Gasteiger partial charge in [0.2, 0.25) is 5.89 Å². The average Bonchev–Trinajstić information content (AvgIpc) is 3.51. The molecule has 0 atom stereocenters. The second kappa shape index (κ2) is 7.31. The van der Waals surface area contributed by atoms with Crippen LogP contribution in [0.3, 0.4) is 0 Å².